The van der Waals surface area contributed by atoms with E-state index in [9.17, 15) is 0 Å². The van der Waals surface area contributed by atoms with Gasteiger partial charge in [-0.2, -0.15) is 0 Å². The maximum absolute atomic E-state index is 2.33. The Bertz CT molecular complexity index is 1180. The van der Waals surface area contributed by atoms with Crippen molar-refractivity contribution in [3.8, 4) is 0 Å². The lowest BCUT2D eigenvalue weighted by molar-refractivity contribution is 1.66. The van der Waals surface area contributed by atoms with Gasteiger partial charge < -0.3 is 0 Å². The van der Waals surface area contributed by atoms with Crippen LogP contribution in [0.25, 0.3) is 42.4 Å². The fourth-order valence-corrected chi connectivity index (χ4v) is 4.50. The van der Waals surface area contributed by atoms with Crippen molar-refractivity contribution in [3.05, 3.63) is 71.6 Å². The molecule has 22 heavy (non-hydrogen) atoms. The highest BCUT2D eigenvalue weighted by Gasteiger charge is 2.07. The van der Waals surface area contributed by atoms with Crippen LogP contribution in [-0.4, -0.2) is 0 Å². The van der Waals surface area contributed by atoms with Gasteiger partial charge in [-0.15, -0.1) is 11.3 Å². The predicted octanol–water partition coefficient (Wildman–Crippen LogP) is 6.67. The first-order chi connectivity index (χ1) is 10.8. The number of rotatable bonds is 0. The highest BCUT2D eigenvalue weighted by atomic mass is 32.1. The summed E-state index contributed by atoms with van der Waals surface area (Å²) in [5.74, 6) is 0. The van der Waals surface area contributed by atoms with Crippen molar-refractivity contribution < 1.29 is 0 Å². The van der Waals surface area contributed by atoms with Crippen LogP contribution in [0.4, 0.5) is 0 Å². The van der Waals surface area contributed by atoms with Gasteiger partial charge in [-0.3, -0.25) is 0 Å². The molecule has 0 aliphatic heterocycles. The van der Waals surface area contributed by atoms with Gasteiger partial charge in [0, 0.05) is 15.0 Å². The fourth-order valence-electron chi connectivity index (χ4n) is 3.46. The molecular weight excluding hydrogens is 284 g/mol. The Morgan fingerprint density at radius 2 is 1.32 bits per heavy atom. The van der Waals surface area contributed by atoms with Crippen molar-refractivity contribution in [1.29, 1.82) is 0 Å². The molecule has 0 fully saturated rings. The van der Waals surface area contributed by atoms with Crippen LogP contribution < -0.4 is 0 Å². The van der Waals surface area contributed by atoms with Gasteiger partial charge in [0.2, 0.25) is 0 Å². The van der Waals surface area contributed by atoms with E-state index in [0.29, 0.717) is 0 Å². The van der Waals surface area contributed by atoms with Gasteiger partial charge in [0.25, 0.3) is 0 Å². The number of aryl methyl sites for hydroxylation is 1. The fraction of sp³-hybridized carbons (Fsp3) is 0.0476. The van der Waals surface area contributed by atoms with E-state index >= 15 is 0 Å². The van der Waals surface area contributed by atoms with Crippen LogP contribution >= 0.6 is 11.3 Å². The summed E-state index contributed by atoms with van der Waals surface area (Å²) in [6.07, 6.45) is 0. The number of benzene rings is 4. The highest BCUT2D eigenvalue weighted by Crippen LogP contribution is 2.36. The van der Waals surface area contributed by atoms with Crippen LogP contribution in [0.2, 0.25) is 0 Å². The van der Waals surface area contributed by atoms with E-state index in [-0.39, 0.29) is 0 Å². The van der Waals surface area contributed by atoms with Crippen LogP contribution in [0, 0.1) is 6.92 Å². The Kier molecular flexibility index (Phi) is 2.39. The zero-order chi connectivity index (χ0) is 14.7. The highest BCUT2D eigenvalue weighted by molar-refractivity contribution is 7.20. The number of fused-ring (bicyclic) bond motifs is 6. The average Bonchev–Trinajstić information content (AvgIpc) is 2.93. The summed E-state index contributed by atoms with van der Waals surface area (Å²) in [4.78, 5) is 1.38. The molecule has 0 aliphatic carbocycles. The molecule has 4 aromatic carbocycles. The molecule has 0 unspecified atom stereocenters. The molecule has 104 valence electrons. The topological polar surface area (TPSA) is 0 Å². The van der Waals surface area contributed by atoms with E-state index in [4.69, 9.17) is 0 Å². The van der Waals surface area contributed by atoms with Crippen molar-refractivity contribution in [2.24, 2.45) is 0 Å². The second kappa shape index (κ2) is 4.31. The number of hydrogen-bond donors (Lipinski definition) is 0. The Morgan fingerprint density at radius 1 is 0.591 bits per heavy atom. The first-order valence-corrected chi connectivity index (χ1v) is 8.36. The Balaban J connectivity index is 2.01. The van der Waals surface area contributed by atoms with E-state index in [1.807, 2.05) is 11.3 Å². The van der Waals surface area contributed by atoms with Gasteiger partial charge in [-0.1, -0.05) is 48.5 Å². The number of thiophene rings is 1. The summed E-state index contributed by atoms with van der Waals surface area (Å²) in [5, 5.41) is 9.38. The molecule has 0 nitrogen and oxygen atoms in total. The predicted molar refractivity (Wildman–Crippen MR) is 99.1 cm³/mol. The van der Waals surface area contributed by atoms with Gasteiger partial charge in [0.15, 0.2) is 0 Å². The third kappa shape index (κ3) is 1.63. The third-order valence-electron chi connectivity index (χ3n) is 4.49. The summed E-state index contributed by atoms with van der Waals surface area (Å²) in [6, 6.07) is 24.6. The maximum atomic E-state index is 2.33. The Labute approximate surface area is 132 Å². The first kappa shape index (κ1) is 12.2. The molecule has 0 saturated heterocycles. The van der Waals surface area contributed by atoms with Crippen LogP contribution in [0.1, 0.15) is 4.88 Å². The molecular formula is C21H14S. The van der Waals surface area contributed by atoms with E-state index in [0.717, 1.165) is 0 Å². The molecule has 0 radical (unpaired) electrons. The van der Waals surface area contributed by atoms with Crippen molar-refractivity contribution in [2.45, 2.75) is 6.92 Å². The summed E-state index contributed by atoms with van der Waals surface area (Å²) in [7, 11) is 0. The minimum absolute atomic E-state index is 1.31. The maximum Gasteiger partial charge on any atom is 0.0424 e. The van der Waals surface area contributed by atoms with E-state index < -0.39 is 0 Å². The van der Waals surface area contributed by atoms with Gasteiger partial charge in [0.05, 0.1) is 0 Å². The third-order valence-corrected chi connectivity index (χ3v) is 5.59. The molecule has 0 spiro atoms. The SMILES string of the molecule is Cc1cc2ccc3c4cc5ccccc5cc4ccc3c2s1. The van der Waals surface area contributed by atoms with Crippen LogP contribution in [0.3, 0.4) is 0 Å². The molecule has 1 aromatic heterocycles. The Morgan fingerprint density at radius 3 is 2.18 bits per heavy atom. The zero-order valence-electron chi connectivity index (χ0n) is 12.3. The second-order valence-corrected chi connectivity index (χ2v) is 7.18. The molecule has 1 heterocycles. The second-order valence-electron chi connectivity index (χ2n) is 5.92. The number of hydrogen-bond acceptors (Lipinski definition) is 1. The van der Waals surface area contributed by atoms with Crippen LogP contribution in [0.5, 0.6) is 0 Å². The van der Waals surface area contributed by atoms with E-state index in [1.54, 1.807) is 0 Å². The summed E-state index contributed by atoms with van der Waals surface area (Å²) in [5.41, 5.74) is 0. The Hall–Kier alpha value is -2.38. The monoisotopic (exact) mass is 298 g/mol. The first-order valence-electron chi connectivity index (χ1n) is 7.54. The smallest absolute Gasteiger partial charge is 0.0424 e. The van der Waals surface area contributed by atoms with Gasteiger partial charge in [-0.05, 0) is 57.4 Å². The van der Waals surface area contributed by atoms with E-state index in [2.05, 4.69) is 73.7 Å². The summed E-state index contributed by atoms with van der Waals surface area (Å²) in [6.45, 7) is 2.19. The van der Waals surface area contributed by atoms with Crippen molar-refractivity contribution in [1.82, 2.24) is 0 Å². The summed E-state index contributed by atoms with van der Waals surface area (Å²) >= 11 is 1.89. The average molecular weight is 298 g/mol. The zero-order valence-corrected chi connectivity index (χ0v) is 13.1. The molecule has 0 saturated carbocycles. The lowest BCUT2D eigenvalue weighted by Crippen LogP contribution is -1.80. The summed E-state index contributed by atoms with van der Waals surface area (Å²) < 4.78 is 1.41. The molecule has 0 N–H and O–H groups in total. The normalized spacial score (nSPS) is 11.9. The lowest BCUT2D eigenvalue weighted by atomic mass is 9.98. The minimum atomic E-state index is 1.31. The standard InChI is InChI=1S/C21H14S/c1-13-10-17-7-8-18-19(21(17)22-13)9-6-16-11-14-4-2-3-5-15(14)12-20(16)18/h2-12H,1H3. The van der Waals surface area contributed by atoms with Crippen molar-refractivity contribution in [2.75, 3.05) is 0 Å². The van der Waals surface area contributed by atoms with Gasteiger partial charge in [-0.25, -0.2) is 0 Å². The van der Waals surface area contributed by atoms with Crippen LogP contribution in [0.15, 0.2) is 66.7 Å². The lowest BCUT2D eigenvalue weighted by Gasteiger charge is -2.07. The minimum Gasteiger partial charge on any atom is -0.140 e. The van der Waals surface area contributed by atoms with Gasteiger partial charge in [0.1, 0.15) is 0 Å². The van der Waals surface area contributed by atoms with Crippen molar-refractivity contribution in [3.63, 3.8) is 0 Å². The molecule has 5 aromatic rings. The largest absolute Gasteiger partial charge is 0.140 e. The van der Waals surface area contributed by atoms with Crippen molar-refractivity contribution >= 4 is 53.7 Å². The molecule has 5 rings (SSSR count). The molecule has 0 amide bonds. The quantitative estimate of drug-likeness (QED) is 0.221. The van der Waals surface area contributed by atoms with E-state index in [1.165, 1.54) is 47.3 Å². The molecule has 0 bridgehead atoms. The molecule has 1 heteroatoms. The molecule has 0 atom stereocenters. The molecule has 0 aliphatic rings. The van der Waals surface area contributed by atoms with Crippen LogP contribution in [-0.2, 0) is 0 Å². The van der Waals surface area contributed by atoms with Gasteiger partial charge >= 0.3 is 0 Å².